The molecule has 1 saturated carbocycles. The van der Waals surface area contributed by atoms with E-state index in [9.17, 15) is 9.59 Å². The highest BCUT2D eigenvalue weighted by Gasteiger charge is 2.30. The van der Waals surface area contributed by atoms with Gasteiger partial charge in [0, 0.05) is 30.8 Å². The first kappa shape index (κ1) is 17.1. The lowest BCUT2D eigenvalue weighted by Gasteiger charge is -2.20. The Hall–Kier alpha value is -3.03. The molecule has 8 nitrogen and oxygen atoms in total. The molecule has 1 aliphatic carbocycles. The van der Waals surface area contributed by atoms with Crippen molar-refractivity contribution in [2.75, 3.05) is 13.1 Å². The number of benzene rings is 1. The van der Waals surface area contributed by atoms with Crippen LogP contribution in [0.3, 0.4) is 0 Å². The monoisotopic (exact) mass is 378 g/mol. The molecule has 28 heavy (non-hydrogen) atoms. The number of rotatable bonds is 3. The second kappa shape index (κ2) is 6.54. The van der Waals surface area contributed by atoms with Crippen LogP contribution in [0, 0.1) is 6.92 Å². The summed E-state index contributed by atoms with van der Waals surface area (Å²) < 4.78 is 3.22. The molecule has 144 valence electrons. The molecule has 0 saturated heterocycles. The Kier molecular flexibility index (Phi) is 3.99. The molecule has 1 amide bonds. The van der Waals surface area contributed by atoms with Gasteiger partial charge in [-0.2, -0.15) is 10.2 Å². The molecule has 1 fully saturated rings. The summed E-state index contributed by atoms with van der Waals surface area (Å²) in [6.07, 6.45) is 3.05. The molecule has 2 aromatic heterocycles. The van der Waals surface area contributed by atoms with Crippen LogP contribution in [0.15, 0.2) is 29.1 Å². The highest BCUT2D eigenvalue weighted by molar-refractivity contribution is 5.83. The molecule has 0 N–H and O–H groups in total. The van der Waals surface area contributed by atoms with Crippen molar-refractivity contribution in [1.29, 1.82) is 0 Å². The van der Waals surface area contributed by atoms with E-state index in [1.165, 1.54) is 17.5 Å². The Morgan fingerprint density at radius 2 is 1.89 bits per heavy atom. The van der Waals surface area contributed by atoms with E-state index < -0.39 is 0 Å². The van der Waals surface area contributed by atoms with Crippen LogP contribution in [0.25, 0.3) is 10.8 Å². The second-order valence-corrected chi connectivity index (χ2v) is 7.61. The van der Waals surface area contributed by atoms with Crippen LogP contribution >= 0.6 is 0 Å². The SMILES string of the molecule is Cc1nn(CC(=O)N2CCc3nc(C4CC4)nn3CC2)c(=O)c2ccccc12. The van der Waals surface area contributed by atoms with Crippen LogP contribution in [0.2, 0.25) is 0 Å². The fourth-order valence-electron chi connectivity index (χ4n) is 3.82. The topological polar surface area (TPSA) is 85.9 Å². The number of carbonyl (C=O) groups is 1. The number of nitrogens with zero attached hydrogens (tertiary/aromatic N) is 6. The predicted molar refractivity (Wildman–Crippen MR) is 103 cm³/mol. The summed E-state index contributed by atoms with van der Waals surface area (Å²) >= 11 is 0. The summed E-state index contributed by atoms with van der Waals surface area (Å²) in [6, 6.07) is 7.37. The van der Waals surface area contributed by atoms with Crippen molar-refractivity contribution in [3.05, 3.63) is 52.0 Å². The van der Waals surface area contributed by atoms with Gasteiger partial charge in [0.25, 0.3) is 5.56 Å². The van der Waals surface area contributed by atoms with Crippen LogP contribution < -0.4 is 5.56 Å². The number of fused-ring (bicyclic) bond motifs is 2. The maximum absolute atomic E-state index is 12.9. The summed E-state index contributed by atoms with van der Waals surface area (Å²) in [5.41, 5.74) is 0.517. The molecular formula is C20H22N6O2. The van der Waals surface area contributed by atoms with Crippen molar-refractivity contribution in [2.24, 2.45) is 0 Å². The molecule has 1 aliphatic heterocycles. The number of aryl methyl sites for hydroxylation is 1. The molecule has 8 heteroatoms. The average molecular weight is 378 g/mol. The fraction of sp³-hybridized carbons (Fsp3) is 0.450. The quantitative estimate of drug-likeness (QED) is 0.685. The van der Waals surface area contributed by atoms with Crippen LogP contribution in [0.5, 0.6) is 0 Å². The summed E-state index contributed by atoms with van der Waals surface area (Å²) in [5, 5.41) is 10.4. The Labute approximate surface area is 161 Å². The minimum atomic E-state index is -0.229. The Balaban J connectivity index is 1.33. The zero-order valence-electron chi connectivity index (χ0n) is 15.8. The van der Waals surface area contributed by atoms with Gasteiger partial charge in [0.15, 0.2) is 5.82 Å². The van der Waals surface area contributed by atoms with Gasteiger partial charge in [-0.25, -0.2) is 14.3 Å². The summed E-state index contributed by atoms with van der Waals surface area (Å²) in [6.45, 7) is 3.60. The normalized spacial score (nSPS) is 16.8. The smallest absolute Gasteiger partial charge is 0.275 e. The van der Waals surface area contributed by atoms with Crippen molar-refractivity contribution in [3.63, 3.8) is 0 Å². The third-order valence-corrected chi connectivity index (χ3v) is 5.58. The van der Waals surface area contributed by atoms with Gasteiger partial charge in [0.05, 0.1) is 17.6 Å². The van der Waals surface area contributed by atoms with Crippen LogP contribution in [0.1, 0.15) is 36.1 Å². The van der Waals surface area contributed by atoms with Gasteiger partial charge in [-0.15, -0.1) is 0 Å². The zero-order chi connectivity index (χ0) is 19.3. The lowest BCUT2D eigenvalue weighted by Crippen LogP contribution is -2.39. The average Bonchev–Trinajstić information content (AvgIpc) is 3.50. The van der Waals surface area contributed by atoms with Gasteiger partial charge in [-0.1, -0.05) is 18.2 Å². The summed E-state index contributed by atoms with van der Waals surface area (Å²) in [5.74, 6) is 2.34. The minimum absolute atomic E-state index is 0.0480. The Morgan fingerprint density at radius 3 is 2.68 bits per heavy atom. The lowest BCUT2D eigenvalue weighted by molar-refractivity contribution is -0.132. The lowest BCUT2D eigenvalue weighted by atomic mass is 10.1. The molecule has 3 heterocycles. The first-order valence-electron chi connectivity index (χ1n) is 9.78. The predicted octanol–water partition coefficient (Wildman–Crippen LogP) is 1.26. The third-order valence-electron chi connectivity index (χ3n) is 5.58. The number of hydrogen-bond acceptors (Lipinski definition) is 5. The van der Waals surface area contributed by atoms with E-state index >= 15 is 0 Å². The highest BCUT2D eigenvalue weighted by atomic mass is 16.2. The van der Waals surface area contributed by atoms with Crippen molar-refractivity contribution in [3.8, 4) is 0 Å². The molecule has 0 atom stereocenters. The van der Waals surface area contributed by atoms with Gasteiger partial charge in [-0.3, -0.25) is 9.59 Å². The van der Waals surface area contributed by atoms with E-state index in [4.69, 9.17) is 0 Å². The Morgan fingerprint density at radius 1 is 1.11 bits per heavy atom. The van der Waals surface area contributed by atoms with Crippen molar-refractivity contribution < 1.29 is 4.79 Å². The molecule has 1 aromatic carbocycles. The maximum atomic E-state index is 12.9. The number of aromatic nitrogens is 5. The van der Waals surface area contributed by atoms with Gasteiger partial charge in [0.1, 0.15) is 12.4 Å². The standard InChI is InChI=1S/C20H22N6O2/c1-13-15-4-2-3-5-16(15)20(28)26(22-13)12-18(27)24-9-8-17-21-19(14-6-7-14)23-25(17)11-10-24/h2-5,14H,6-12H2,1H3. The molecule has 0 unspecified atom stereocenters. The van der Waals surface area contributed by atoms with Gasteiger partial charge in [-0.05, 0) is 25.8 Å². The Bertz CT molecular complexity index is 1100. The van der Waals surface area contributed by atoms with Gasteiger partial charge < -0.3 is 4.90 Å². The van der Waals surface area contributed by atoms with E-state index in [2.05, 4.69) is 15.2 Å². The molecule has 0 bridgehead atoms. The van der Waals surface area contributed by atoms with Crippen LogP contribution in [-0.4, -0.2) is 48.4 Å². The largest absolute Gasteiger partial charge is 0.339 e. The molecule has 0 radical (unpaired) electrons. The first-order valence-corrected chi connectivity index (χ1v) is 9.78. The van der Waals surface area contributed by atoms with Crippen molar-refractivity contribution >= 4 is 16.7 Å². The van der Waals surface area contributed by atoms with Gasteiger partial charge >= 0.3 is 0 Å². The van der Waals surface area contributed by atoms with Crippen molar-refractivity contribution in [1.82, 2.24) is 29.4 Å². The van der Waals surface area contributed by atoms with E-state index in [-0.39, 0.29) is 18.0 Å². The van der Waals surface area contributed by atoms with E-state index in [1.54, 1.807) is 11.0 Å². The third kappa shape index (κ3) is 2.98. The minimum Gasteiger partial charge on any atom is -0.339 e. The molecule has 5 rings (SSSR count). The highest BCUT2D eigenvalue weighted by Crippen LogP contribution is 2.38. The second-order valence-electron chi connectivity index (χ2n) is 7.61. The molecule has 0 spiro atoms. The number of amides is 1. The zero-order valence-corrected chi connectivity index (χ0v) is 15.8. The maximum Gasteiger partial charge on any atom is 0.275 e. The molecular weight excluding hydrogens is 356 g/mol. The van der Waals surface area contributed by atoms with E-state index in [0.717, 1.165) is 22.7 Å². The summed E-state index contributed by atoms with van der Waals surface area (Å²) in [7, 11) is 0. The molecule has 3 aromatic rings. The first-order chi connectivity index (χ1) is 13.6. The number of hydrogen-bond donors (Lipinski definition) is 0. The van der Waals surface area contributed by atoms with Crippen LogP contribution in [0.4, 0.5) is 0 Å². The van der Waals surface area contributed by atoms with E-state index in [1.807, 2.05) is 29.8 Å². The summed E-state index contributed by atoms with van der Waals surface area (Å²) in [4.78, 5) is 32.0. The van der Waals surface area contributed by atoms with E-state index in [0.29, 0.717) is 37.4 Å². The number of carbonyl (C=O) groups excluding carboxylic acids is 1. The molecule has 2 aliphatic rings. The van der Waals surface area contributed by atoms with Gasteiger partial charge in [0.2, 0.25) is 5.91 Å². The van der Waals surface area contributed by atoms with Crippen LogP contribution in [-0.2, 0) is 24.3 Å². The fourth-order valence-corrected chi connectivity index (χ4v) is 3.82. The van der Waals surface area contributed by atoms with Crippen molar-refractivity contribution in [2.45, 2.75) is 45.2 Å².